The Labute approximate surface area is 134 Å². The van der Waals surface area contributed by atoms with Gasteiger partial charge in [-0.15, -0.1) is 11.6 Å². The number of unbranched alkanes of at least 4 members (excludes halogenated alkanes) is 1. The van der Waals surface area contributed by atoms with Gasteiger partial charge in [-0.05, 0) is 61.7 Å². The summed E-state index contributed by atoms with van der Waals surface area (Å²) in [4.78, 5) is 0. The highest BCUT2D eigenvalue weighted by Crippen LogP contribution is 2.20. The van der Waals surface area contributed by atoms with Gasteiger partial charge in [0, 0.05) is 12.0 Å². The van der Waals surface area contributed by atoms with Gasteiger partial charge in [-0.25, -0.2) is 0 Å². The summed E-state index contributed by atoms with van der Waals surface area (Å²) in [6.07, 6.45) is 5.78. The zero-order chi connectivity index (χ0) is 15.2. The lowest BCUT2D eigenvalue weighted by molar-refractivity contribution is 0.170. The van der Waals surface area contributed by atoms with Crippen molar-refractivity contribution in [3.63, 3.8) is 0 Å². The van der Waals surface area contributed by atoms with Crippen LogP contribution in [0.4, 0.5) is 0 Å². The molecule has 1 aliphatic rings. The van der Waals surface area contributed by atoms with E-state index in [0.29, 0.717) is 12.5 Å². The Balaban J connectivity index is 2.27. The van der Waals surface area contributed by atoms with Crippen LogP contribution in [0, 0.1) is 0 Å². The highest BCUT2D eigenvalue weighted by Gasteiger charge is 2.34. The molecule has 0 atom stereocenters. The van der Waals surface area contributed by atoms with E-state index < -0.39 is 0 Å². The van der Waals surface area contributed by atoms with Crippen LogP contribution < -0.4 is 5.46 Å². The molecule has 116 valence electrons. The van der Waals surface area contributed by atoms with Crippen molar-refractivity contribution in [2.75, 3.05) is 5.88 Å². The summed E-state index contributed by atoms with van der Waals surface area (Å²) in [6.45, 7) is 7.00. The SMILES string of the molecule is CCCCc1cc(CCCCl)c2c(c1)COB2OC(C)C. The number of benzene rings is 1. The Morgan fingerprint density at radius 2 is 2.10 bits per heavy atom. The van der Waals surface area contributed by atoms with Gasteiger partial charge in [0.2, 0.25) is 0 Å². The average molecular weight is 309 g/mol. The summed E-state index contributed by atoms with van der Waals surface area (Å²) < 4.78 is 11.8. The fraction of sp³-hybridized carbons (Fsp3) is 0.647. The lowest BCUT2D eigenvalue weighted by Crippen LogP contribution is -2.37. The number of halogens is 1. The van der Waals surface area contributed by atoms with Crippen LogP contribution in [0.25, 0.3) is 0 Å². The second kappa shape index (κ2) is 8.21. The van der Waals surface area contributed by atoms with E-state index in [-0.39, 0.29) is 13.2 Å². The molecule has 0 radical (unpaired) electrons. The minimum absolute atomic E-state index is 0.168. The van der Waals surface area contributed by atoms with Gasteiger partial charge in [0.05, 0.1) is 6.61 Å². The maximum atomic E-state index is 5.92. The van der Waals surface area contributed by atoms with Crippen molar-refractivity contribution < 1.29 is 9.31 Å². The van der Waals surface area contributed by atoms with E-state index in [2.05, 4.69) is 32.9 Å². The second-order valence-electron chi connectivity index (χ2n) is 6.05. The largest absolute Gasteiger partial charge is 0.494 e. The van der Waals surface area contributed by atoms with Crippen molar-refractivity contribution in [2.45, 2.75) is 65.6 Å². The van der Waals surface area contributed by atoms with Gasteiger partial charge < -0.3 is 9.31 Å². The van der Waals surface area contributed by atoms with Gasteiger partial charge in [0.15, 0.2) is 0 Å². The standard InChI is InChI=1S/C17H26BClO2/c1-4-5-7-14-10-15(8-6-9-19)17-16(11-14)12-20-18(17)21-13(2)3/h10-11,13H,4-9,12H2,1-3H3. The number of hydrogen-bond donors (Lipinski definition) is 0. The van der Waals surface area contributed by atoms with Crippen molar-refractivity contribution in [1.29, 1.82) is 0 Å². The zero-order valence-corrected chi connectivity index (χ0v) is 14.2. The molecule has 21 heavy (non-hydrogen) atoms. The summed E-state index contributed by atoms with van der Waals surface area (Å²) in [7, 11) is -0.203. The van der Waals surface area contributed by atoms with Crippen molar-refractivity contribution >= 4 is 24.2 Å². The van der Waals surface area contributed by atoms with Crippen molar-refractivity contribution in [2.24, 2.45) is 0 Å². The molecule has 4 heteroatoms. The van der Waals surface area contributed by atoms with Gasteiger partial charge >= 0.3 is 7.12 Å². The molecule has 0 aromatic heterocycles. The van der Waals surface area contributed by atoms with Crippen LogP contribution in [0.1, 0.15) is 56.7 Å². The lowest BCUT2D eigenvalue weighted by atomic mass is 9.73. The van der Waals surface area contributed by atoms with E-state index in [1.54, 1.807) is 0 Å². The molecule has 2 rings (SSSR count). The van der Waals surface area contributed by atoms with Crippen molar-refractivity contribution in [1.82, 2.24) is 0 Å². The topological polar surface area (TPSA) is 18.5 Å². The van der Waals surface area contributed by atoms with Crippen LogP contribution >= 0.6 is 11.6 Å². The van der Waals surface area contributed by atoms with Crippen molar-refractivity contribution in [3.05, 3.63) is 28.8 Å². The maximum Gasteiger partial charge on any atom is 0.494 e. The van der Waals surface area contributed by atoms with Gasteiger partial charge in [0.1, 0.15) is 0 Å². The fourth-order valence-corrected chi connectivity index (χ4v) is 3.00. The summed E-state index contributed by atoms with van der Waals surface area (Å²) >= 11 is 5.88. The van der Waals surface area contributed by atoms with Gasteiger partial charge in [-0.2, -0.15) is 0 Å². The Morgan fingerprint density at radius 3 is 2.76 bits per heavy atom. The molecular formula is C17H26BClO2. The molecule has 2 nitrogen and oxygen atoms in total. The van der Waals surface area contributed by atoms with Crippen LogP contribution in [0.3, 0.4) is 0 Å². The van der Waals surface area contributed by atoms with E-state index in [4.69, 9.17) is 20.9 Å². The Bertz CT molecular complexity index is 462. The lowest BCUT2D eigenvalue weighted by Gasteiger charge is -2.16. The van der Waals surface area contributed by atoms with Gasteiger partial charge in [0.25, 0.3) is 0 Å². The Kier molecular flexibility index (Phi) is 6.59. The summed E-state index contributed by atoms with van der Waals surface area (Å²) in [5.41, 5.74) is 5.35. The van der Waals surface area contributed by atoms with Crippen LogP contribution in [0.5, 0.6) is 0 Å². The zero-order valence-electron chi connectivity index (χ0n) is 13.5. The van der Waals surface area contributed by atoms with Crippen LogP contribution in [-0.2, 0) is 28.8 Å². The predicted molar refractivity (Wildman–Crippen MR) is 90.5 cm³/mol. The maximum absolute atomic E-state index is 5.92. The number of rotatable bonds is 8. The number of fused-ring (bicyclic) bond motifs is 1. The predicted octanol–water partition coefficient (Wildman–Crippen LogP) is 3.85. The molecule has 1 aliphatic heterocycles. The molecule has 0 bridgehead atoms. The quantitative estimate of drug-likeness (QED) is 0.536. The fourth-order valence-electron chi connectivity index (χ4n) is 2.87. The third-order valence-electron chi connectivity index (χ3n) is 3.83. The first-order valence-electron chi connectivity index (χ1n) is 8.13. The van der Waals surface area contributed by atoms with Crippen molar-refractivity contribution in [3.8, 4) is 0 Å². The van der Waals surface area contributed by atoms with E-state index in [1.807, 2.05) is 0 Å². The highest BCUT2D eigenvalue weighted by atomic mass is 35.5. The molecule has 1 heterocycles. The minimum atomic E-state index is -0.203. The van der Waals surface area contributed by atoms with Gasteiger partial charge in [-0.1, -0.05) is 25.5 Å². The highest BCUT2D eigenvalue weighted by molar-refractivity contribution is 6.63. The van der Waals surface area contributed by atoms with Crippen LogP contribution in [-0.4, -0.2) is 19.1 Å². The molecule has 0 unspecified atom stereocenters. The summed E-state index contributed by atoms with van der Waals surface area (Å²) in [5.74, 6) is 0.699. The summed E-state index contributed by atoms with van der Waals surface area (Å²) in [6, 6.07) is 4.64. The normalized spacial score (nSPS) is 14.0. The molecular weight excluding hydrogens is 282 g/mol. The van der Waals surface area contributed by atoms with Crippen LogP contribution in [0.2, 0.25) is 0 Å². The first-order valence-corrected chi connectivity index (χ1v) is 8.66. The molecule has 0 N–H and O–H groups in total. The Hall–Kier alpha value is -0.505. The third-order valence-corrected chi connectivity index (χ3v) is 4.10. The molecule has 0 amide bonds. The first kappa shape index (κ1) is 16.9. The first-order chi connectivity index (χ1) is 10.2. The third kappa shape index (κ3) is 4.48. The smallest absolute Gasteiger partial charge is 0.405 e. The van der Waals surface area contributed by atoms with E-state index in [1.165, 1.54) is 35.0 Å². The molecule has 0 fully saturated rings. The molecule has 1 aromatic carbocycles. The second-order valence-corrected chi connectivity index (χ2v) is 6.43. The number of hydrogen-bond acceptors (Lipinski definition) is 2. The van der Waals surface area contributed by atoms with E-state index in [9.17, 15) is 0 Å². The van der Waals surface area contributed by atoms with E-state index in [0.717, 1.165) is 19.3 Å². The number of alkyl halides is 1. The Morgan fingerprint density at radius 1 is 1.29 bits per heavy atom. The van der Waals surface area contributed by atoms with E-state index >= 15 is 0 Å². The molecule has 1 aromatic rings. The molecule has 0 saturated heterocycles. The van der Waals surface area contributed by atoms with Gasteiger partial charge in [-0.3, -0.25) is 0 Å². The molecule has 0 spiro atoms. The molecule has 0 aliphatic carbocycles. The average Bonchev–Trinajstić information content (AvgIpc) is 2.85. The number of aryl methyl sites for hydroxylation is 2. The molecule has 0 saturated carbocycles. The van der Waals surface area contributed by atoms with Crippen LogP contribution in [0.15, 0.2) is 12.1 Å². The summed E-state index contributed by atoms with van der Waals surface area (Å²) in [5, 5.41) is 0. The monoisotopic (exact) mass is 308 g/mol. The minimum Gasteiger partial charge on any atom is -0.405 e.